The molecule has 1 saturated heterocycles. The quantitative estimate of drug-likeness (QED) is 0.724. The molecule has 1 fully saturated rings. The maximum atomic E-state index is 13.0. The summed E-state index contributed by atoms with van der Waals surface area (Å²) in [5, 5.41) is 4.23. The first-order valence-corrected chi connectivity index (χ1v) is 8.72. The van der Waals surface area contributed by atoms with Crippen molar-refractivity contribution in [2.24, 2.45) is 0 Å². The highest BCUT2D eigenvalue weighted by atomic mass is 16.2. The van der Waals surface area contributed by atoms with Gasteiger partial charge in [0.1, 0.15) is 0 Å². The van der Waals surface area contributed by atoms with Crippen molar-refractivity contribution in [1.29, 1.82) is 0 Å². The Balaban J connectivity index is 1.48. The Bertz CT molecular complexity index is 865. The zero-order valence-corrected chi connectivity index (χ0v) is 14.4. The number of carbonyl (C=O) groups is 1. The fourth-order valence-electron chi connectivity index (χ4n) is 3.16. The second-order valence-electron chi connectivity index (χ2n) is 6.18. The summed E-state index contributed by atoms with van der Waals surface area (Å²) in [5.74, 6) is 0.775. The lowest BCUT2D eigenvalue weighted by Crippen LogP contribution is -2.35. The van der Waals surface area contributed by atoms with Crippen molar-refractivity contribution in [2.45, 2.75) is 6.42 Å². The second-order valence-corrected chi connectivity index (χ2v) is 6.18. The zero-order chi connectivity index (χ0) is 17.8. The fraction of sp³-hybridized carbons (Fsp3) is 0.263. The predicted octanol–water partition coefficient (Wildman–Crippen LogP) is 2.01. The van der Waals surface area contributed by atoms with Gasteiger partial charge in [-0.1, -0.05) is 6.07 Å². The Morgan fingerprint density at radius 3 is 2.62 bits per heavy atom. The van der Waals surface area contributed by atoms with Crippen LogP contribution in [0.4, 0.5) is 5.95 Å². The van der Waals surface area contributed by atoms with Gasteiger partial charge in [0.2, 0.25) is 5.95 Å². The van der Waals surface area contributed by atoms with Crippen LogP contribution in [0, 0.1) is 0 Å². The molecular formula is C19H20N6O. The van der Waals surface area contributed by atoms with Crippen LogP contribution in [0.1, 0.15) is 16.8 Å². The maximum absolute atomic E-state index is 13.0. The lowest BCUT2D eigenvalue weighted by molar-refractivity contribution is 0.0767. The average Bonchev–Trinajstić information content (AvgIpc) is 3.13. The molecule has 3 heterocycles. The Hall–Kier alpha value is -3.22. The molecule has 2 aromatic heterocycles. The van der Waals surface area contributed by atoms with Crippen molar-refractivity contribution in [3.8, 4) is 5.69 Å². The molecule has 1 aliphatic rings. The third-order valence-electron chi connectivity index (χ3n) is 4.48. The highest BCUT2D eigenvalue weighted by molar-refractivity contribution is 5.94. The van der Waals surface area contributed by atoms with Crippen LogP contribution in [0.5, 0.6) is 0 Å². The molecule has 7 nitrogen and oxygen atoms in total. The summed E-state index contributed by atoms with van der Waals surface area (Å²) in [6.07, 6.45) is 7.98. The van der Waals surface area contributed by atoms with Gasteiger partial charge in [-0.25, -0.2) is 14.6 Å². The van der Waals surface area contributed by atoms with Crippen molar-refractivity contribution in [3.63, 3.8) is 0 Å². The predicted molar refractivity (Wildman–Crippen MR) is 98.3 cm³/mol. The molecule has 1 amide bonds. The molecule has 0 N–H and O–H groups in total. The number of anilines is 1. The van der Waals surface area contributed by atoms with E-state index >= 15 is 0 Å². The molecule has 4 rings (SSSR count). The van der Waals surface area contributed by atoms with Crippen LogP contribution in [0.25, 0.3) is 5.69 Å². The standard InChI is InChI=1S/C19H20N6O/c26-18(16-5-1-6-17(15-16)25-12-3-9-22-25)23-10-4-11-24(14-13-23)19-20-7-2-8-21-19/h1-3,5-9,12,15H,4,10-11,13-14H2. The van der Waals surface area contributed by atoms with Crippen LogP contribution >= 0.6 is 0 Å². The zero-order valence-electron chi connectivity index (χ0n) is 14.4. The topological polar surface area (TPSA) is 67.2 Å². The van der Waals surface area contributed by atoms with Gasteiger partial charge < -0.3 is 9.80 Å². The third kappa shape index (κ3) is 3.42. The monoisotopic (exact) mass is 348 g/mol. The summed E-state index contributed by atoms with van der Waals surface area (Å²) in [6.45, 7) is 2.97. The summed E-state index contributed by atoms with van der Waals surface area (Å²) < 4.78 is 1.76. The van der Waals surface area contributed by atoms with E-state index in [2.05, 4.69) is 20.0 Å². The molecule has 1 aromatic carbocycles. The van der Waals surface area contributed by atoms with Crippen molar-refractivity contribution < 1.29 is 4.79 Å². The fourth-order valence-corrected chi connectivity index (χ4v) is 3.16. The molecule has 0 unspecified atom stereocenters. The molecule has 1 aliphatic heterocycles. The third-order valence-corrected chi connectivity index (χ3v) is 4.48. The van der Waals surface area contributed by atoms with E-state index in [0.717, 1.165) is 37.7 Å². The second kappa shape index (κ2) is 7.35. The van der Waals surface area contributed by atoms with Crippen LogP contribution in [-0.4, -0.2) is 56.7 Å². The molecule has 0 radical (unpaired) electrons. The van der Waals surface area contributed by atoms with Gasteiger partial charge in [0.15, 0.2) is 0 Å². The summed E-state index contributed by atoms with van der Waals surface area (Å²) in [4.78, 5) is 25.6. The number of benzene rings is 1. The summed E-state index contributed by atoms with van der Waals surface area (Å²) in [7, 11) is 0. The van der Waals surface area contributed by atoms with E-state index in [1.807, 2.05) is 47.5 Å². The van der Waals surface area contributed by atoms with Crippen LogP contribution in [0.2, 0.25) is 0 Å². The van der Waals surface area contributed by atoms with Crippen LogP contribution < -0.4 is 4.90 Å². The molecule has 0 atom stereocenters. The first kappa shape index (κ1) is 16.3. The molecule has 0 spiro atoms. The average molecular weight is 348 g/mol. The first-order chi connectivity index (χ1) is 12.8. The van der Waals surface area contributed by atoms with Gasteiger partial charge in [-0.3, -0.25) is 4.79 Å². The van der Waals surface area contributed by atoms with Crippen LogP contribution in [0.3, 0.4) is 0 Å². The number of hydrogen-bond acceptors (Lipinski definition) is 5. The molecule has 3 aromatic rings. The highest BCUT2D eigenvalue weighted by Crippen LogP contribution is 2.15. The van der Waals surface area contributed by atoms with Crippen molar-refractivity contribution in [3.05, 3.63) is 66.7 Å². The minimum atomic E-state index is 0.0508. The van der Waals surface area contributed by atoms with Crippen molar-refractivity contribution in [1.82, 2.24) is 24.6 Å². The molecular weight excluding hydrogens is 328 g/mol. The van der Waals surface area contributed by atoms with Crippen molar-refractivity contribution in [2.75, 3.05) is 31.1 Å². The lowest BCUT2D eigenvalue weighted by Gasteiger charge is -2.22. The maximum Gasteiger partial charge on any atom is 0.253 e. The van der Waals surface area contributed by atoms with Gasteiger partial charge in [0, 0.05) is 56.5 Å². The summed E-state index contributed by atoms with van der Waals surface area (Å²) >= 11 is 0. The number of aromatic nitrogens is 4. The Morgan fingerprint density at radius 2 is 1.81 bits per heavy atom. The van der Waals surface area contributed by atoms with Gasteiger partial charge >= 0.3 is 0 Å². The Morgan fingerprint density at radius 1 is 0.923 bits per heavy atom. The number of carbonyl (C=O) groups excluding carboxylic acids is 1. The van der Waals surface area contributed by atoms with E-state index in [1.165, 1.54) is 0 Å². The van der Waals surface area contributed by atoms with Gasteiger partial charge in [-0.2, -0.15) is 5.10 Å². The summed E-state index contributed by atoms with van der Waals surface area (Å²) in [5.41, 5.74) is 1.57. The van der Waals surface area contributed by atoms with E-state index in [0.29, 0.717) is 12.1 Å². The minimum Gasteiger partial charge on any atom is -0.339 e. The molecule has 7 heteroatoms. The SMILES string of the molecule is O=C(c1cccc(-n2cccn2)c1)N1CCCN(c2ncccn2)CC1. The highest BCUT2D eigenvalue weighted by Gasteiger charge is 2.21. The van der Waals surface area contributed by atoms with E-state index in [4.69, 9.17) is 0 Å². The largest absolute Gasteiger partial charge is 0.339 e. The van der Waals surface area contributed by atoms with E-state index < -0.39 is 0 Å². The molecule has 132 valence electrons. The van der Waals surface area contributed by atoms with Gasteiger partial charge in [0.05, 0.1) is 5.69 Å². The number of nitrogens with zero attached hydrogens (tertiary/aromatic N) is 6. The number of rotatable bonds is 3. The number of amides is 1. The van der Waals surface area contributed by atoms with E-state index in [-0.39, 0.29) is 5.91 Å². The Kier molecular flexibility index (Phi) is 4.59. The number of hydrogen-bond donors (Lipinski definition) is 0. The minimum absolute atomic E-state index is 0.0508. The van der Waals surface area contributed by atoms with Crippen molar-refractivity contribution >= 4 is 11.9 Å². The van der Waals surface area contributed by atoms with Gasteiger partial charge in [-0.15, -0.1) is 0 Å². The van der Waals surface area contributed by atoms with Gasteiger partial charge in [-0.05, 0) is 36.8 Å². The Labute approximate surface area is 151 Å². The first-order valence-electron chi connectivity index (χ1n) is 8.72. The van der Waals surface area contributed by atoms with Crippen LogP contribution in [-0.2, 0) is 0 Å². The van der Waals surface area contributed by atoms with Gasteiger partial charge in [0.25, 0.3) is 5.91 Å². The molecule has 0 aliphatic carbocycles. The van der Waals surface area contributed by atoms with Crippen LogP contribution in [0.15, 0.2) is 61.2 Å². The molecule has 26 heavy (non-hydrogen) atoms. The van der Waals surface area contributed by atoms with E-state index in [9.17, 15) is 4.79 Å². The molecule has 0 bridgehead atoms. The molecule has 0 saturated carbocycles. The normalized spacial score (nSPS) is 14.9. The lowest BCUT2D eigenvalue weighted by atomic mass is 10.1. The smallest absolute Gasteiger partial charge is 0.253 e. The summed E-state index contributed by atoms with van der Waals surface area (Å²) in [6, 6.07) is 11.3. The van der Waals surface area contributed by atoms with E-state index in [1.54, 1.807) is 23.3 Å².